The molecule has 0 unspecified atom stereocenters. The van der Waals surface area contributed by atoms with Gasteiger partial charge in [-0.2, -0.15) is 0 Å². The van der Waals surface area contributed by atoms with Crippen LogP contribution in [0.15, 0.2) is 24.5 Å². The molecule has 2 aliphatic heterocycles. The number of carbonyl (C=O) groups excluding carboxylic acids is 1. The normalized spacial score (nSPS) is 21.5. The molecule has 3 rings (SSSR count). The second-order valence-corrected chi connectivity index (χ2v) is 6.95. The molecule has 2 aliphatic rings. The second kappa shape index (κ2) is 7.91. The van der Waals surface area contributed by atoms with E-state index in [1.165, 1.54) is 31.5 Å². The van der Waals surface area contributed by atoms with Gasteiger partial charge in [-0.05, 0) is 68.8 Å². The van der Waals surface area contributed by atoms with Crippen LogP contribution in [-0.2, 0) is 4.79 Å². The minimum absolute atomic E-state index is 0.349. The molecule has 3 heterocycles. The van der Waals surface area contributed by atoms with Crippen LogP contribution in [0.4, 0.5) is 0 Å². The third-order valence-electron chi connectivity index (χ3n) is 5.50. The van der Waals surface area contributed by atoms with Gasteiger partial charge in [0.05, 0.1) is 0 Å². The fourth-order valence-corrected chi connectivity index (χ4v) is 4.09. The molecule has 0 N–H and O–H groups in total. The first-order valence-electron chi connectivity index (χ1n) is 9.19. The molecule has 0 aliphatic carbocycles. The van der Waals surface area contributed by atoms with Crippen LogP contribution in [0.5, 0.6) is 0 Å². The Labute approximate surface area is 139 Å². The molecule has 0 spiro atoms. The van der Waals surface area contributed by atoms with E-state index < -0.39 is 0 Å². The molecule has 4 heteroatoms. The summed E-state index contributed by atoms with van der Waals surface area (Å²) in [6.07, 6.45) is 10.3. The van der Waals surface area contributed by atoms with E-state index in [9.17, 15) is 4.79 Å². The van der Waals surface area contributed by atoms with E-state index in [-0.39, 0.29) is 0 Å². The summed E-state index contributed by atoms with van der Waals surface area (Å²) >= 11 is 0. The Bertz CT molecular complexity index is 489. The van der Waals surface area contributed by atoms with Gasteiger partial charge < -0.3 is 9.80 Å². The largest absolute Gasteiger partial charge is 0.343 e. The van der Waals surface area contributed by atoms with Crippen molar-refractivity contribution in [2.24, 2.45) is 0 Å². The van der Waals surface area contributed by atoms with Gasteiger partial charge in [0, 0.05) is 37.9 Å². The highest BCUT2D eigenvalue weighted by Gasteiger charge is 2.29. The molecule has 0 saturated carbocycles. The van der Waals surface area contributed by atoms with Crippen molar-refractivity contribution in [3.05, 3.63) is 30.1 Å². The van der Waals surface area contributed by atoms with Gasteiger partial charge in [-0.25, -0.2) is 0 Å². The maximum Gasteiger partial charge on any atom is 0.222 e. The number of carbonyl (C=O) groups is 1. The number of hydrogen-bond acceptors (Lipinski definition) is 3. The number of aromatic nitrogens is 1. The van der Waals surface area contributed by atoms with E-state index in [4.69, 9.17) is 0 Å². The average Bonchev–Trinajstić information content (AvgIpc) is 2.63. The first kappa shape index (κ1) is 16.4. The summed E-state index contributed by atoms with van der Waals surface area (Å²) in [4.78, 5) is 20.8. The molecular formula is C19H29N3O. The molecule has 0 radical (unpaired) electrons. The van der Waals surface area contributed by atoms with Crippen LogP contribution < -0.4 is 0 Å². The van der Waals surface area contributed by atoms with Crippen molar-refractivity contribution in [1.29, 1.82) is 0 Å². The summed E-state index contributed by atoms with van der Waals surface area (Å²) in [5, 5.41) is 0. The summed E-state index contributed by atoms with van der Waals surface area (Å²) in [7, 11) is 0. The SMILES string of the molecule is CCCC(=O)N1CCC(N2CCC(c3ccncc3)CC2)CC1. The smallest absolute Gasteiger partial charge is 0.222 e. The van der Waals surface area contributed by atoms with Crippen molar-refractivity contribution in [3.63, 3.8) is 0 Å². The lowest BCUT2D eigenvalue weighted by Gasteiger charge is -2.42. The lowest BCUT2D eigenvalue weighted by Crippen LogP contribution is -2.48. The molecule has 23 heavy (non-hydrogen) atoms. The van der Waals surface area contributed by atoms with E-state index in [2.05, 4.69) is 33.8 Å². The predicted molar refractivity (Wildman–Crippen MR) is 92.3 cm³/mol. The van der Waals surface area contributed by atoms with Gasteiger partial charge in [-0.15, -0.1) is 0 Å². The van der Waals surface area contributed by atoms with Crippen LogP contribution >= 0.6 is 0 Å². The molecule has 2 saturated heterocycles. The summed E-state index contributed by atoms with van der Waals surface area (Å²) < 4.78 is 0. The van der Waals surface area contributed by atoms with Crippen LogP contribution in [0.1, 0.15) is 56.9 Å². The van der Waals surface area contributed by atoms with E-state index in [0.29, 0.717) is 24.3 Å². The Morgan fingerprint density at radius 1 is 1.09 bits per heavy atom. The third kappa shape index (κ3) is 4.11. The zero-order valence-electron chi connectivity index (χ0n) is 14.3. The Hall–Kier alpha value is -1.42. The van der Waals surface area contributed by atoms with Gasteiger partial charge >= 0.3 is 0 Å². The summed E-state index contributed by atoms with van der Waals surface area (Å²) in [6.45, 7) is 6.38. The second-order valence-electron chi connectivity index (χ2n) is 6.95. The number of rotatable bonds is 4. The molecule has 126 valence electrons. The standard InChI is InChI=1S/C19H29N3O/c1-2-3-19(23)22-14-8-18(9-15-22)21-12-6-17(7-13-21)16-4-10-20-11-5-16/h4-5,10-11,17-18H,2-3,6-9,12-15H2,1H3. The van der Waals surface area contributed by atoms with Gasteiger partial charge in [0.2, 0.25) is 5.91 Å². The average molecular weight is 315 g/mol. The van der Waals surface area contributed by atoms with Crippen molar-refractivity contribution >= 4 is 5.91 Å². The fraction of sp³-hybridized carbons (Fsp3) is 0.684. The van der Waals surface area contributed by atoms with E-state index >= 15 is 0 Å². The molecule has 1 aromatic rings. The van der Waals surface area contributed by atoms with Crippen molar-refractivity contribution in [3.8, 4) is 0 Å². The molecule has 4 nitrogen and oxygen atoms in total. The zero-order chi connectivity index (χ0) is 16.1. The fourth-order valence-electron chi connectivity index (χ4n) is 4.09. The number of amides is 1. The van der Waals surface area contributed by atoms with Crippen LogP contribution in [0.25, 0.3) is 0 Å². The van der Waals surface area contributed by atoms with Crippen LogP contribution in [0, 0.1) is 0 Å². The molecular weight excluding hydrogens is 286 g/mol. The molecule has 1 amide bonds. The van der Waals surface area contributed by atoms with Gasteiger partial charge in [-0.1, -0.05) is 6.92 Å². The number of piperidine rings is 2. The molecule has 0 atom stereocenters. The first-order valence-corrected chi connectivity index (χ1v) is 9.19. The highest BCUT2D eigenvalue weighted by Crippen LogP contribution is 2.30. The van der Waals surface area contributed by atoms with E-state index in [1.807, 2.05) is 12.4 Å². The Morgan fingerprint density at radius 2 is 1.74 bits per heavy atom. The number of nitrogens with zero attached hydrogens (tertiary/aromatic N) is 3. The minimum atomic E-state index is 0.349. The van der Waals surface area contributed by atoms with Gasteiger partial charge in [0.1, 0.15) is 0 Å². The lowest BCUT2D eigenvalue weighted by atomic mass is 9.88. The van der Waals surface area contributed by atoms with E-state index in [0.717, 1.165) is 32.4 Å². The highest BCUT2D eigenvalue weighted by atomic mass is 16.2. The van der Waals surface area contributed by atoms with Crippen LogP contribution in [0.2, 0.25) is 0 Å². The van der Waals surface area contributed by atoms with Gasteiger partial charge in [0.15, 0.2) is 0 Å². The van der Waals surface area contributed by atoms with Gasteiger partial charge in [-0.3, -0.25) is 9.78 Å². The van der Waals surface area contributed by atoms with Gasteiger partial charge in [0.25, 0.3) is 0 Å². The monoisotopic (exact) mass is 315 g/mol. The molecule has 0 aromatic carbocycles. The zero-order valence-corrected chi connectivity index (χ0v) is 14.3. The Kier molecular flexibility index (Phi) is 5.65. The summed E-state index contributed by atoms with van der Waals surface area (Å²) in [5.74, 6) is 1.04. The Morgan fingerprint density at radius 3 is 2.35 bits per heavy atom. The predicted octanol–water partition coefficient (Wildman–Crippen LogP) is 3.05. The van der Waals surface area contributed by atoms with Crippen molar-refractivity contribution in [2.45, 2.75) is 57.4 Å². The number of hydrogen-bond donors (Lipinski definition) is 0. The summed E-state index contributed by atoms with van der Waals surface area (Å²) in [6, 6.07) is 5.01. The third-order valence-corrected chi connectivity index (χ3v) is 5.50. The van der Waals surface area contributed by atoms with Crippen molar-refractivity contribution in [2.75, 3.05) is 26.2 Å². The summed E-state index contributed by atoms with van der Waals surface area (Å²) in [5.41, 5.74) is 1.44. The topological polar surface area (TPSA) is 36.4 Å². The maximum atomic E-state index is 12.0. The van der Waals surface area contributed by atoms with Crippen molar-refractivity contribution < 1.29 is 4.79 Å². The highest BCUT2D eigenvalue weighted by molar-refractivity contribution is 5.76. The lowest BCUT2D eigenvalue weighted by molar-refractivity contribution is -0.132. The maximum absolute atomic E-state index is 12.0. The molecule has 0 bridgehead atoms. The molecule has 2 fully saturated rings. The quantitative estimate of drug-likeness (QED) is 0.857. The minimum Gasteiger partial charge on any atom is -0.343 e. The number of likely N-dealkylation sites (tertiary alicyclic amines) is 2. The van der Waals surface area contributed by atoms with Crippen LogP contribution in [-0.4, -0.2) is 52.9 Å². The number of pyridine rings is 1. The van der Waals surface area contributed by atoms with E-state index in [1.54, 1.807) is 0 Å². The molecule has 1 aromatic heterocycles. The Balaban J connectivity index is 1.45. The van der Waals surface area contributed by atoms with Crippen LogP contribution in [0.3, 0.4) is 0 Å². The first-order chi connectivity index (χ1) is 11.3. The van der Waals surface area contributed by atoms with Crippen molar-refractivity contribution in [1.82, 2.24) is 14.8 Å².